The van der Waals surface area contributed by atoms with E-state index < -0.39 is 11.9 Å². The van der Waals surface area contributed by atoms with E-state index in [0.717, 1.165) is 15.8 Å². The summed E-state index contributed by atoms with van der Waals surface area (Å²) in [5, 5.41) is 4.18. The van der Waals surface area contributed by atoms with E-state index in [0.29, 0.717) is 10.5 Å². The molecule has 26 heavy (non-hydrogen) atoms. The maximum absolute atomic E-state index is 12.7. The Morgan fingerprint density at radius 2 is 2.08 bits per heavy atom. The highest BCUT2D eigenvalue weighted by Crippen LogP contribution is 2.19. The number of methoxy groups -OCH3 is 1. The van der Waals surface area contributed by atoms with Crippen molar-refractivity contribution >= 4 is 33.4 Å². The Balaban J connectivity index is 2.14. The molecule has 7 nitrogen and oxygen atoms in total. The molecule has 0 radical (unpaired) electrons. The number of carbonyl (C=O) groups excluding carboxylic acids is 2. The molecule has 0 spiro atoms. The minimum Gasteiger partial charge on any atom is -0.468 e. The van der Waals surface area contributed by atoms with Gasteiger partial charge in [-0.15, -0.1) is 0 Å². The molecule has 3 aromatic rings. The number of benzene rings is 1. The first-order chi connectivity index (χ1) is 12.4. The van der Waals surface area contributed by atoms with Crippen LogP contribution in [-0.2, 0) is 16.1 Å². The van der Waals surface area contributed by atoms with Gasteiger partial charge in [0.2, 0.25) is 0 Å². The van der Waals surface area contributed by atoms with E-state index >= 15 is 0 Å². The summed E-state index contributed by atoms with van der Waals surface area (Å²) in [6.45, 7) is 5.88. The number of rotatable bonds is 4. The van der Waals surface area contributed by atoms with Crippen molar-refractivity contribution in [2.45, 2.75) is 33.4 Å². The first-order valence-electron chi connectivity index (χ1n) is 8.20. The number of ether oxygens (including phenoxy) is 1. The van der Waals surface area contributed by atoms with Gasteiger partial charge in [0, 0.05) is 12.2 Å². The molecule has 1 amide bonds. The van der Waals surface area contributed by atoms with Gasteiger partial charge in [0.05, 0.1) is 17.3 Å². The number of thiazole rings is 1. The van der Waals surface area contributed by atoms with E-state index in [4.69, 9.17) is 4.74 Å². The average Bonchev–Trinajstić information content (AvgIpc) is 3.20. The molecule has 8 heteroatoms. The lowest BCUT2D eigenvalue weighted by Gasteiger charge is -2.08. The van der Waals surface area contributed by atoms with Crippen molar-refractivity contribution in [3.8, 4) is 0 Å². The molecule has 0 unspecified atom stereocenters. The molecule has 0 saturated heterocycles. The predicted octanol–water partition coefficient (Wildman–Crippen LogP) is 2.70. The van der Waals surface area contributed by atoms with Crippen LogP contribution >= 0.6 is 11.3 Å². The van der Waals surface area contributed by atoms with Gasteiger partial charge < -0.3 is 9.30 Å². The summed E-state index contributed by atoms with van der Waals surface area (Å²) >= 11 is 1.37. The number of amides is 1. The van der Waals surface area contributed by atoms with Crippen LogP contribution in [0.2, 0.25) is 0 Å². The Labute approximate surface area is 154 Å². The highest BCUT2D eigenvalue weighted by molar-refractivity contribution is 7.16. The maximum atomic E-state index is 12.7. The number of carbonyl (C=O) groups is 2. The van der Waals surface area contributed by atoms with E-state index in [1.54, 1.807) is 21.5 Å². The van der Waals surface area contributed by atoms with Crippen LogP contribution in [0.3, 0.4) is 0 Å². The number of nitrogens with zero attached hydrogens (tertiary/aromatic N) is 4. The number of hydrogen-bond acceptors (Lipinski definition) is 5. The van der Waals surface area contributed by atoms with Crippen LogP contribution in [0.25, 0.3) is 10.2 Å². The van der Waals surface area contributed by atoms with Crippen LogP contribution in [-0.4, -0.2) is 33.3 Å². The fourth-order valence-electron chi connectivity index (χ4n) is 2.65. The molecular weight excluding hydrogens is 352 g/mol. The summed E-state index contributed by atoms with van der Waals surface area (Å²) in [4.78, 5) is 29.3. The Bertz CT molecular complexity index is 1040. The highest BCUT2D eigenvalue weighted by Gasteiger charge is 2.16. The molecule has 0 atom stereocenters. The van der Waals surface area contributed by atoms with Crippen molar-refractivity contribution in [2.75, 3.05) is 7.11 Å². The third kappa shape index (κ3) is 3.45. The van der Waals surface area contributed by atoms with Crippen molar-refractivity contribution < 1.29 is 14.3 Å². The second-order valence-electron chi connectivity index (χ2n) is 6.19. The van der Waals surface area contributed by atoms with Gasteiger partial charge in [0.1, 0.15) is 12.2 Å². The molecule has 0 aliphatic rings. The summed E-state index contributed by atoms with van der Waals surface area (Å²) in [5.41, 5.74) is 2.35. The molecule has 0 N–H and O–H groups in total. The van der Waals surface area contributed by atoms with E-state index in [9.17, 15) is 9.59 Å². The quantitative estimate of drug-likeness (QED) is 0.660. The lowest BCUT2D eigenvalue weighted by Crippen LogP contribution is -2.23. The van der Waals surface area contributed by atoms with Crippen molar-refractivity contribution in [1.29, 1.82) is 0 Å². The minimum atomic E-state index is -0.397. The maximum Gasteiger partial charge on any atom is 0.325 e. The number of fused-ring (bicyclic) bond motifs is 1. The summed E-state index contributed by atoms with van der Waals surface area (Å²) in [7, 11) is 1.34. The van der Waals surface area contributed by atoms with Crippen molar-refractivity contribution in [3.05, 3.63) is 46.5 Å². The molecule has 3 rings (SSSR count). The molecule has 0 aliphatic carbocycles. The molecule has 2 heterocycles. The Morgan fingerprint density at radius 1 is 1.31 bits per heavy atom. The lowest BCUT2D eigenvalue weighted by atomic mass is 10.2. The van der Waals surface area contributed by atoms with E-state index in [1.807, 2.05) is 39.0 Å². The first-order valence-corrected chi connectivity index (χ1v) is 9.01. The third-order valence-corrected chi connectivity index (χ3v) is 4.97. The minimum absolute atomic E-state index is 0.00484. The summed E-state index contributed by atoms with van der Waals surface area (Å²) in [5.74, 6) is -0.788. The Hall–Kier alpha value is -2.74. The first kappa shape index (κ1) is 18.1. The standard InChI is InChI=1S/C18H20N4O3S/c1-11(2)22-14(7-8-19-22)17(24)20-18-21(10-16(23)25-4)13-6-5-12(3)9-15(13)26-18/h5-9,11H,10H2,1-4H3. The van der Waals surface area contributed by atoms with Gasteiger partial charge in [-0.1, -0.05) is 17.4 Å². The molecule has 0 bridgehead atoms. The van der Waals surface area contributed by atoms with Crippen LogP contribution in [0.5, 0.6) is 0 Å². The Morgan fingerprint density at radius 3 is 2.77 bits per heavy atom. The topological polar surface area (TPSA) is 78.5 Å². The molecule has 1 aromatic carbocycles. The van der Waals surface area contributed by atoms with Crippen molar-refractivity contribution in [1.82, 2.24) is 14.3 Å². The molecule has 0 fully saturated rings. The summed E-state index contributed by atoms with van der Waals surface area (Å²) < 4.78 is 9.08. The lowest BCUT2D eigenvalue weighted by molar-refractivity contribution is -0.141. The molecule has 136 valence electrons. The average molecular weight is 372 g/mol. The van der Waals surface area contributed by atoms with Crippen molar-refractivity contribution in [2.24, 2.45) is 4.99 Å². The monoisotopic (exact) mass is 372 g/mol. The van der Waals surface area contributed by atoms with Crippen LogP contribution in [0.1, 0.15) is 35.9 Å². The van der Waals surface area contributed by atoms with Gasteiger partial charge in [-0.25, -0.2) is 0 Å². The zero-order chi connectivity index (χ0) is 18.8. The van der Waals surface area contributed by atoms with Crippen LogP contribution in [0.15, 0.2) is 35.5 Å². The zero-order valence-electron chi connectivity index (χ0n) is 15.1. The van der Waals surface area contributed by atoms with Gasteiger partial charge >= 0.3 is 5.97 Å². The molecule has 0 aliphatic heterocycles. The fourth-order valence-corrected chi connectivity index (χ4v) is 3.78. The normalized spacial score (nSPS) is 12.1. The van der Waals surface area contributed by atoms with Gasteiger partial charge in [-0.05, 0) is 44.5 Å². The summed E-state index contributed by atoms with van der Waals surface area (Å²) in [6, 6.07) is 7.59. The molecule has 2 aromatic heterocycles. The zero-order valence-corrected chi connectivity index (χ0v) is 15.9. The predicted molar refractivity (Wildman–Crippen MR) is 99.1 cm³/mol. The van der Waals surface area contributed by atoms with E-state index in [2.05, 4.69) is 10.1 Å². The van der Waals surface area contributed by atoms with Gasteiger partial charge in [-0.3, -0.25) is 14.3 Å². The SMILES string of the molecule is COC(=O)Cn1c(=NC(=O)c2ccnn2C(C)C)sc2cc(C)ccc21. The second-order valence-corrected chi connectivity index (χ2v) is 7.20. The highest BCUT2D eigenvalue weighted by atomic mass is 32.1. The smallest absolute Gasteiger partial charge is 0.325 e. The second kappa shape index (κ2) is 7.25. The van der Waals surface area contributed by atoms with E-state index in [1.165, 1.54) is 18.4 Å². The number of esters is 1. The van der Waals surface area contributed by atoms with Crippen LogP contribution in [0.4, 0.5) is 0 Å². The van der Waals surface area contributed by atoms with Gasteiger partial charge in [0.15, 0.2) is 4.80 Å². The van der Waals surface area contributed by atoms with E-state index in [-0.39, 0.29) is 12.6 Å². The van der Waals surface area contributed by atoms with Crippen molar-refractivity contribution in [3.63, 3.8) is 0 Å². The van der Waals surface area contributed by atoms with Gasteiger partial charge in [0.25, 0.3) is 5.91 Å². The largest absolute Gasteiger partial charge is 0.468 e. The number of hydrogen-bond donors (Lipinski definition) is 0. The van der Waals surface area contributed by atoms with Gasteiger partial charge in [-0.2, -0.15) is 10.1 Å². The Kier molecular flexibility index (Phi) is 5.03. The fraction of sp³-hybridized carbons (Fsp3) is 0.333. The van der Waals surface area contributed by atoms with Crippen LogP contribution < -0.4 is 4.80 Å². The number of aryl methyl sites for hydroxylation is 1. The number of aromatic nitrogens is 3. The third-order valence-electron chi connectivity index (χ3n) is 3.93. The molecular formula is C18H20N4O3S. The summed E-state index contributed by atoms with van der Waals surface area (Å²) in [6.07, 6.45) is 1.58. The molecule has 0 saturated carbocycles. The van der Waals surface area contributed by atoms with Crippen LogP contribution in [0, 0.1) is 6.92 Å².